The van der Waals surface area contributed by atoms with Crippen molar-refractivity contribution in [3.63, 3.8) is 0 Å². The highest BCUT2D eigenvalue weighted by molar-refractivity contribution is 8.05. The summed E-state index contributed by atoms with van der Waals surface area (Å²) >= 11 is 8.96. The molecule has 0 atom stereocenters. The highest BCUT2D eigenvalue weighted by atomic mass is 35.5. The van der Waals surface area contributed by atoms with E-state index in [1.54, 1.807) is 43.3 Å². The molecule has 0 aliphatic heterocycles. The van der Waals surface area contributed by atoms with E-state index in [2.05, 4.69) is 11.1 Å². The summed E-state index contributed by atoms with van der Waals surface area (Å²) in [5.41, 5.74) is 1.87. The monoisotopic (exact) mass is 466 g/mol. The molecule has 0 radical (unpaired) electrons. The molecular weight excluding hydrogens is 452 g/mol. The molecule has 0 spiro atoms. The first kappa shape index (κ1) is 21.2. The number of ether oxygens (including phenoxy) is 1. The summed E-state index contributed by atoms with van der Waals surface area (Å²) < 4.78 is 12.8. The van der Waals surface area contributed by atoms with Crippen molar-refractivity contribution in [1.82, 2.24) is 4.98 Å². The topological polar surface area (TPSA) is 76.1 Å². The number of hydrogen-bond acceptors (Lipinski definition) is 7. The maximum atomic E-state index is 12.1. The zero-order chi connectivity index (χ0) is 21.8. The Morgan fingerprint density at radius 3 is 2.90 bits per heavy atom. The smallest absolute Gasteiger partial charge is 0.339 e. The van der Waals surface area contributed by atoms with Crippen LogP contribution in [0.4, 0.5) is 0 Å². The van der Waals surface area contributed by atoms with Gasteiger partial charge >= 0.3 is 5.97 Å². The first-order chi connectivity index (χ1) is 15.1. The molecule has 0 N–H and O–H groups in total. The summed E-state index contributed by atoms with van der Waals surface area (Å²) in [6.45, 7) is 2.00. The highest BCUT2D eigenvalue weighted by Crippen LogP contribution is 2.35. The normalized spacial score (nSPS) is 11.5. The van der Waals surface area contributed by atoms with Crippen LogP contribution >= 0.6 is 34.7 Å². The van der Waals surface area contributed by atoms with Crippen LogP contribution in [0.25, 0.3) is 27.6 Å². The van der Waals surface area contributed by atoms with Crippen LogP contribution in [0.5, 0.6) is 0 Å². The summed E-state index contributed by atoms with van der Waals surface area (Å²) in [5, 5.41) is 9.87. The Bertz CT molecular complexity index is 1300. The average Bonchev–Trinajstić information content (AvgIpc) is 3.40. The maximum absolute atomic E-state index is 12.1. The third-order valence-corrected chi connectivity index (χ3v) is 6.58. The van der Waals surface area contributed by atoms with Gasteiger partial charge < -0.3 is 9.15 Å². The van der Waals surface area contributed by atoms with Gasteiger partial charge in [-0.05, 0) is 61.2 Å². The lowest BCUT2D eigenvalue weighted by Gasteiger charge is -2.05. The Morgan fingerprint density at radius 2 is 2.13 bits per heavy atom. The Kier molecular flexibility index (Phi) is 6.42. The number of carbonyl (C=O) groups is 1. The Labute approximate surface area is 191 Å². The molecule has 4 aromatic rings. The van der Waals surface area contributed by atoms with Crippen molar-refractivity contribution in [2.24, 2.45) is 0 Å². The van der Waals surface area contributed by atoms with Crippen molar-refractivity contribution in [3.05, 3.63) is 75.8 Å². The van der Waals surface area contributed by atoms with E-state index in [9.17, 15) is 10.1 Å². The predicted octanol–water partition coefficient (Wildman–Crippen LogP) is 7.04. The molecule has 5 nitrogen and oxygen atoms in total. The zero-order valence-corrected chi connectivity index (χ0v) is 18.7. The van der Waals surface area contributed by atoms with E-state index in [1.807, 2.05) is 24.3 Å². The molecule has 0 saturated carbocycles. The van der Waals surface area contributed by atoms with Gasteiger partial charge in [0, 0.05) is 11.6 Å². The number of thioether (sulfide) groups is 1. The molecule has 4 rings (SSSR count). The summed E-state index contributed by atoms with van der Waals surface area (Å²) in [5.74, 6) is 0.587. The predicted molar refractivity (Wildman–Crippen MR) is 124 cm³/mol. The largest absolute Gasteiger partial charge is 0.462 e. The van der Waals surface area contributed by atoms with E-state index in [4.69, 9.17) is 20.8 Å². The van der Waals surface area contributed by atoms with E-state index < -0.39 is 5.97 Å². The van der Waals surface area contributed by atoms with Crippen molar-refractivity contribution in [3.8, 4) is 17.4 Å². The average molecular weight is 467 g/mol. The van der Waals surface area contributed by atoms with E-state index in [0.717, 1.165) is 14.6 Å². The van der Waals surface area contributed by atoms with Gasteiger partial charge in [0.2, 0.25) is 0 Å². The number of carbonyl (C=O) groups excluding carboxylic acids is 1. The molecule has 8 heteroatoms. The summed E-state index contributed by atoms with van der Waals surface area (Å²) in [6, 6.07) is 18.6. The first-order valence-corrected chi connectivity index (χ1v) is 11.3. The molecule has 2 aromatic heterocycles. The number of aromatic nitrogens is 1. The van der Waals surface area contributed by atoms with Gasteiger partial charge in [0.1, 0.15) is 17.6 Å². The Morgan fingerprint density at radius 1 is 1.29 bits per heavy atom. The lowest BCUT2D eigenvalue weighted by atomic mass is 10.1. The second kappa shape index (κ2) is 9.40. The number of halogens is 1. The Balaban J connectivity index is 1.57. The minimum absolute atomic E-state index is 0.262. The number of nitriles is 1. The molecule has 31 heavy (non-hydrogen) atoms. The van der Waals surface area contributed by atoms with Crippen LogP contribution in [0.2, 0.25) is 5.02 Å². The van der Waals surface area contributed by atoms with Gasteiger partial charge in [-0.3, -0.25) is 0 Å². The summed E-state index contributed by atoms with van der Waals surface area (Å²) in [4.78, 5) is 17.1. The number of thiazole rings is 1. The second-order valence-electron chi connectivity index (χ2n) is 6.29. The number of allylic oxidation sites excluding steroid dienone is 1. The quantitative estimate of drug-likeness (QED) is 0.172. The molecule has 154 valence electrons. The van der Waals surface area contributed by atoms with E-state index in [1.165, 1.54) is 23.1 Å². The number of esters is 1. The summed E-state index contributed by atoms with van der Waals surface area (Å²) in [6.07, 6.45) is 1.67. The molecule has 0 saturated heterocycles. The van der Waals surface area contributed by atoms with Crippen LogP contribution in [-0.2, 0) is 4.74 Å². The molecule has 2 heterocycles. The Hall–Kier alpha value is -3.05. The fraction of sp³-hybridized carbons (Fsp3) is 0.0870. The lowest BCUT2D eigenvalue weighted by molar-refractivity contribution is 0.0526. The van der Waals surface area contributed by atoms with Gasteiger partial charge in [-0.15, -0.1) is 11.3 Å². The lowest BCUT2D eigenvalue weighted by Crippen LogP contribution is -2.05. The van der Waals surface area contributed by atoms with Crippen LogP contribution in [0.15, 0.2) is 68.3 Å². The highest BCUT2D eigenvalue weighted by Gasteiger charge is 2.15. The number of para-hydroxylation sites is 1. The second-order valence-corrected chi connectivity index (χ2v) is 9.01. The van der Waals surface area contributed by atoms with Crippen LogP contribution < -0.4 is 0 Å². The maximum Gasteiger partial charge on any atom is 0.339 e. The van der Waals surface area contributed by atoms with Gasteiger partial charge in [-0.1, -0.05) is 23.7 Å². The van der Waals surface area contributed by atoms with E-state index in [-0.39, 0.29) is 12.2 Å². The van der Waals surface area contributed by atoms with Crippen molar-refractivity contribution in [2.45, 2.75) is 11.3 Å². The first-order valence-electron chi connectivity index (χ1n) is 9.29. The third-order valence-electron chi connectivity index (χ3n) is 4.23. The number of hydrogen-bond donors (Lipinski definition) is 0. The number of furan rings is 1. The van der Waals surface area contributed by atoms with Crippen molar-refractivity contribution in [2.75, 3.05) is 6.61 Å². The SMILES string of the molecule is CCOC(=O)c1cc(-c2ccc(C=C(C#N)Sc3nc4ccccc4s3)o2)ccc1Cl. The summed E-state index contributed by atoms with van der Waals surface area (Å²) in [7, 11) is 0. The van der Waals surface area contributed by atoms with Crippen LogP contribution in [-0.4, -0.2) is 17.6 Å². The molecule has 0 unspecified atom stereocenters. The molecule has 0 aliphatic carbocycles. The fourth-order valence-electron chi connectivity index (χ4n) is 2.83. The van der Waals surface area contributed by atoms with Crippen molar-refractivity contribution < 1.29 is 13.9 Å². The minimum atomic E-state index is -0.486. The van der Waals surface area contributed by atoms with Crippen LogP contribution in [0, 0.1) is 11.3 Å². The van der Waals surface area contributed by atoms with Crippen molar-refractivity contribution in [1.29, 1.82) is 5.26 Å². The van der Waals surface area contributed by atoms with Gasteiger partial charge in [0.25, 0.3) is 0 Å². The standard InChI is InChI=1S/C23H15ClN2O3S2/c1-2-28-22(27)17-11-14(7-9-18(17)24)20-10-8-15(29-20)12-16(13-25)30-23-26-19-5-3-4-6-21(19)31-23/h3-12H,2H2,1H3. The number of benzene rings is 2. The fourth-order valence-corrected chi connectivity index (χ4v) is 4.98. The number of nitrogens with zero attached hydrogens (tertiary/aromatic N) is 2. The molecule has 0 fully saturated rings. The van der Waals surface area contributed by atoms with Gasteiger partial charge in [-0.25, -0.2) is 9.78 Å². The molecule has 0 aliphatic rings. The third kappa shape index (κ3) is 4.83. The van der Waals surface area contributed by atoms with E-state index in [0.29, 0.717) is 27.0 Å². The number of fused-ring (bicyclic) bond motifs is 1. The minimum Gasteiger partial charge on any atom is -0.462 e. The molecule has 2 aromatic carbocycles. The van der Waals surface area contributed by atoms with Crippen molar-refractivity contribution >= 4 is 57.0 Å². The van der Waals surface area contributed by atoms with E-state index >= 15 is 0 Å². The van der Waals surface area contributed by atoms with Crippen LogP contribution in [0.3, 0.4) is 0 Å². The van der Waals surface area contributed by atoms with Crippen LogP contribution in [0.1, 0.15) is 23.0 Å². The van der Waals surface area contributed by atoms with Gasteiger partial charge in [0.15, 0.2) is 4.34 Å². The van der Waals surface area contributed by atoms with Gasteiger partial charge in [-0.2, -0.15) is 5.26 Å². The number of rotatable bonds is 6. The zero-order valence-electron chi connectivity index (χ0n) is 16.3. The molecule has 0 amide bonds. The molecular formula is C23H15ClN2O3S2. The van der Waals surface area contributed by atoms with Gasteiger partial charge in [0.05, 0.1) is 32.3 Å². The molecule has 0 bridgehead atoms.